The summed E-state index contributed by atoms with van der Waals surface area (Å²) >= 11 is 0. The largest absolute Gasteiger partial charge is 0.507 e. The first-order valence-corrected chi connectivity index (χ1v) is 10.5. The number of hydrogen-bond acceptors (Lipinski definition) is 7. The number of benzene rings is 3. The van der Waals surface area contributed by atoms with Gasteiger partial charge in [-0.1, -0.05) is 36.4 Å². The number of nitro groups is 1. The average molecular weight is 447 g/mol. The molecule has 0 heterocycles. The molecular weight excluding hydrogens is 420 g/mol. The van der Waals surface area contributed by atoms with Crippen molar-refractivity contribution >= 4 is 18.1 Å². The number of aromatic hydroxyl groups is 2. The second-order valence-corrected chi connectivity index (χ2v) is 7.39. The Hall–Kier alpha value is -4.04. The molecule has 2 N–H and O–H groups in total. The molecular formula is C25H26N4O4. The van der Waals surface area contributed by atoms with Gasteiger partial charge >= 0.3 is 0 Å². The van der Waals surface area contributed by atoms with Gasteiger partial charge in [-0.05, 0) is 29.8 Å². The number of non-ortho nitro benzene ring substituents is 1. The first-order valence-electron chi connectivity index (χ1n) is 10.5. The van der Waals surface area contributed by atoms with E-state index >= 15 is 0 Å². The smallest absolute Gasteiger partial charge is 0.269 e. The molecule has 8 heteroatoms. The predicted octanol–water partition coefficient (Wildman–Crippen LogP) is 4.05. The van der Waals surface area contributed by atoms with Crippen molar-refractivity contribution < 1.29 is 15.1 Å². The summed E-state index contributed by atoms with van der Waals surface area (Å²) in [4.78, 5) is 21.5. The van der Waals surface area contributed by atoms with Gasteiger partial charge in [0.1, 0.15) is 11.5 Å². The van der Waals surface area contributed by atoms with E-state index in [2.05, 4.69) is 14.9 Å². The first kappa shape index (κ1) is 23.6. The van der Waals surface area contributed by atoms with Gasteiger partial charge < -0.3 is 10.2 Å². The van der Waals surface area contributed by atoms with Crippen molar-refractivity contribution in [1.29, 1.82) is 0 Å². The van der Waals surface area contributed by atoms with Crippen LogP contribution in [0.25, 0.3) is 0 Å². The molecule has 0 amide bonds. The summed E-state index contributed by atoms with van der Waals surface area (Å²) in [7, 11) is 0. The molecule has 3 aromatic rings. The maximum Gasteiger partial charge on any atom is 0.269 e. The fraction of sp³-hybridized carbons (Fsp3) is 0.200. The molecule has 3 rings (SSSR count). The van der Waals surface area contributed by atoms with Gasteiger partial charge in [0.25, 0.3) is 5.69 Å². The standard InChI is InChI=1S/C25H26N4O4/c30-24-7-3-1-5-21(24)17-26-13-15-28(19-20-9-11-23(12-10-20)29(32)33)16-14-27-18-22-6-2-4-8-25(22)31/h1-12,17-18,30-31H,13-16,19H2. The molecule has 0 fully saturated rings. The van der Waals surface area contributed by atoms with Crippen LogP contribution in [0.15, 0.2) is 82.8 Å². The summed E-state index contributed by atoms with van der Waals surface area (Å²) in [6.07, 6.45) is 3.30. The van der Waals surface area contributed by atoms with Crippen LogP contribution in [0.5, 0.6) is 11.5 Å². The van der Waals surface area contributed by atoms with Gasteiger partial charge in [-0.15, -0.1) is 0 Å². The maximum absolute atomic E-state index is 10.9. The van der Waals surface area contributed by atoms with Gasteiger partial charge in [0.15, 0.2) is 0 Å². The molecule has 0 saturated carbocycles. The van der Waals surface area contributed by atoms with E-state index in [9.17, 15) is 20.3 Å². The number of aliphatic imine (C=N–C) groups is 2. The summed E-state index contributed by atoms with van der Waals surface area (Å²) in [6, 6.07) is 20.5. The van der Waals surface area contributed by atoms with Crippen LogP contribution in [0.4, 0.5) is 5.69 Å². The van der Waals surface area contributed by atoms with Gasteiger partial charge in [-0.25, -0.2) is 0 Å². The van der Waals surface area contributed by atoms with Gasteiger partial charge in [0.2, 0.25) is 0 Å². The van der Waals surface area contributed by atoms with Crippen LogP contribution in [0.3, 0.4) is 0 Å². The molecule has 0 radical (unpaired) electrons. The second kappa shape index (κ2) is 12.1. The lowest BCUT2D eigenvalue weighted by atomic mass is 10.2. The monoisotopic (exact) mass is 446 g/mol. The van der Waals surface area contributed by atoms with E-state index in [1.165, 1.54) is 12.1 Å². The van der Waals surface area contributed by atoms with Gasteiger partial charge in [0.05, 0.1) is 18.0 Å². The highest BCUT2D eigenvalue weighted by Gasteiger charge is 2.08. The van der Waals surface area contributed by atoms with Gasteiger partial charge in [-0.3, -0.25) is 25.0 Å². The second-order valence-electron chi connectivity index (χ2n) is 7.39. The Kier molecular flexibility index (Phi) is 8.67. The normalized spacial score (nSPS) is 11.5. The van der Waals surface area contributed by atoms with Crippen molar-refractivity contribution in [2.45, 2.75) is 6.54 Å². The molecule has 170 valence electrons. The number of phenolic OH excluding ortho intramolecular Hbond substituents is 2. The van der Waals surface area contributed by atoms with Gasteiger partial charge in [0, 0.05) is 55.3 Å². The predicted molar refractivity (Wildman–Crippen MR) is 130 cm³/mol. The molecule has 0 unspecified atom stereocenters. The highest BCUT2D eigenvalue weighted by Crippen LogP contribution is 2.15. The Bertz CT molecular complexity index is 1050. The Balaban J connectivity index is 1.61. The van der Waals surface area contributed by atoms with Crippen LogP contribution in [0, 0.1) is 10.1 Å². The Morgan fingerprint density at radius 3 is 1.73 bits per heavy atom. The van der Waals surface area contributed by atoms with Crippen LogP contribution >= 0.6 is 0 Å². The summed E-state index contributed by atoms with van der Waals surface area (Å²) < 4.78 is 0. The molecule has 0 atom stereocenters. The summed E-state index contributed by atoms with van der Waals surface area (Å²) in [5.74, 6) is 0.366. The van der Waals surface area contributed by atoms with E-state index in [1.54, 1.807) is 61.0 Å². The van der Waals surface area contributed by atoms with Gasteiger partial charge in [-0.2, -0.15) is 0 Å². The Labute approximate surface area is 192 Å². The summed E-state index contributed by atoms with van der Waals surface area (Å²) in [5, 5.41) is 30.6. The van der Waals surface area contributed by atoms with Crippen LogP contribution in [-0.2, 0) is 6.54 Å². The van der Waals surface area contributed by atoms with E-state index < -0.39 is 4.92 Å². The number of nitro benzene ring substituents is 1. The van der Waals surface area contributed by atoms with Crippen molar-refractivity contribution in [2.24, 2.45) is 9.98 Å². The van der Waals surface area contributed by atoms with E-state index in [1.807, 2.05) is 12.1 Å². The quantitative estimate of drug-likeness (QED) is 0.262. The van der Waals surface area contributed by atoms with Crippen molar-refractivity contribution in [3.8, 4) is 11.5 Å². The lowest BCUT2D eigenvalue weighted by Gasteiger charge is -2.20. The lowest BCUT2D eigenvalue weighted by molar-refractivity contribution is -0.384. The molecule has 0 aliphatic rings. The van der Waals surface area contributed by atoms with E-state index in [0.29, 0.717) is 43.9 Å². The minimum absolute atomic E-state index is 0.0600. The highest BCUT2D eigenvalue weighted by molar-refractivity contribution is 5.83. The zero-order chi connectivity index (χ0) is 23.5. The molecule has 0 saturated heterocycles. The Morgan fingerprint density at radius 2 is 1.27 bits per heavy atom. The van der Waals surface area contributed by atoms with E-state index in [0.717, 1.165) is 5.56 Å². The SMILES string of the molecule is O=[N+]([O-])c1ccc(CN(CCN=Cc2ccccc2O)CCN=Cc2ccccc2O)cc1. The molecule has 0 aliphatic carbocycles. The fourth-order valence-corrected chi connectivity index (χ4v) is 3.17. The Morgan fingerprint density at radius 1 is 0.788 bits per heavy atom. The molecule has 8 nitrogen and oxygen atoms in total. The number of nitrogens with zero attached hydrogens (tertiary/aromatic N) is 4. The molecule has 3 aromatic carbocycles. The zero-order valence-electron chi connectivity index (χ0n) is 18.1. The number of para-hydroxylation sites is 2. The van der Waals surface area contributed by atoms with Crippen LogP contribution in [0.2, 0.25) is 0 Å². The third-order valence-electron chi connectivity index (χ3n) is 4.98. The third kappa shape index (κ3) is 7.55. The van der Waals surface area contributed by atoms with E-state index in [4.69, 9.17) is 0 Å². The molecule has 0 spiro atoms. The van der Waals surface area contributed by atoms with Crippen molar-refractivity contribution in [1.82, 2.24) is 4.90 Å². The number of rotatable bonds is 11. The zero-order valence-corrected chi connectivity index (χ0v) is 18.1. The van der Waals surface area contributed by atoms with Crippen LogP contribution in [0.1, 0.15) is 16.7 Å². The number of hydrogen-bond donors (Lipinski definition) is 2. The lowest BCUT2D eigenvalue weighted by Crippen LogP contribution is -2.28. The number of phenols is 2. The third-order valence-corrected chi connectivity index (χ3v) is 4.98. The van der Waals surface area contributed by atoms with Crippen LogP contribution < -0.4 is 0 Å². The minimum Gasteiger partial charge on any atom is -0.507 e. The van der Waals surface area contributed by atoms with E-state index in [-0.39, 0.29) is 17.2 Å². The molecule has 0 bridgehead atoms. The molecule has 33 heavy (non-hydrogen) atoms. The molecule has 0 aromatic heterocycles. The minimum atomic E-state index is -0.414. The van der Waals surface area contributed by atoms with Crippen molar-refractivity contribution in [2.75, 3.05) is 26.2 Å². The van der Waals surface area contributed by atoms with Crippen LogP contribution in [-0.4, -0.2) is 58.6 Å². The summed E-state index contributed by atoms with van der Waals surface area (Å²) in [6.45, 7) is 2.92. The maximum atomic E-state index is 10.9. The van der Waals surface area contributed by atoms with Crippen molar-refractivity contribution in [3.63, 3.8) is 0 Å². The average Bonchev–Trinajstić information content (AvgIpc) is 2.81. The topological polar surface area (TPSA) is 112 Å². The first-order chi connectivity index (χ1) is 16.0. The molecule has 0 aliphatic heterocycles. The fourth-order valence-electron chi connectivity index (χ4n) is 3.17. The summed E-state index contributed by atoms with van der Waals surface area (Å²) in [5.41, 5.74) is 2.33. The van der Waals surface area contributed by atoms with Crippen molar-refractivity contribution in [3.05, 3.63) is 99.6 Å². The highest BCUT2D eigenvalue weighted by atomic mass is 16.6.